The van der Waals surface area contributed by atoms with Crippen molar-refractivity contribution in [2.75, 3.05) is 14.2 Å². The average molecular weight is 292 g/mol. The molecule has 1 aromatic rings. The van der Waals surface area contributed by atoms with Crippen LogP contribution < -0.4 is 10.5 Å². The lowest BCUT2D eigenvalue weighted by atomic mass is 10.0. The standard InChI is InChI=1S/C17H28N2O2/c1-11(2)7-15(18)17(20)19(5)10-14-8-12(3)16(21-6)13(4)9-14/h8-9,11,15H,7,10,18H2,1-6H3/t15-/m0/s1. The topological polar surface area (TPSA) is 55.6 Å². The summed E-state index contributed by atoms with van der Waals surface area (Å²) in [5, 5.41) is 0. The van der Waals surface area contributed by atoms with E-state index >= 15 is 0 Å². The van der Waals surface area contributed by atoms with Crippen molar-refractivity contribution < 1.29 is 9.53 Å². The van der Waals surface area contributed by atoms with Crippen molar-refractivity contribution in [2.45, 2.75) is 46.7 Å². The van der Waals surface area contributed by atoms with Gasteiger partial charge in [-0.25, -0.2) is 0 Å². The molecular weight excluding hydrogens is 264 g/mol. The van der Waals surface area contributed by atoms with Crippen LogP contribution in [0.2, 0.25) is 0 Å². The number of ether oxygens (including phenoxy) is 1. The first-order valence-electron chi connectivity index (χ1n) is 7.41. The number of aryl methyl sites for hydroxylation is 2. The maximum atomic E-state index is 12.3. The van der Waals surface area contributed by atoms with Crippen LogP contribution in [0.15, 0.2) is 12.1 Å². The minimum atomic E-state index is -0.421. The SMILES string of the molecule is COc1c(C)cc(CN(C)C(=O)[C@@H](N)CC(C)C)cc1C. The largest absolute Gasteiger partial charge is 0.496 e. The smallest absolute Gasteiger partial charge is 0.239 e. The average Bonchev–Trinajstić information content (AvgIpc) is 2.36. The lowest BCUT2D eigenvalue weighted by Crippen LogP contribution is -2.42. The van der Waals surface area contributed by atoms with Gasteiger partial charge in [0.15, 0.2) is 0 Å². The minimum Gasteiger partial charge on any atom is -0.496 e. The van der Waals surface area contributed by atoms with Crippen LogP contribution in [-0.2, 0) is 11.3 Å². The van der Waals surface area contributed by atoms with E-state index in [1.165, 1.54) is 0 Å². The Labute approximate surface area is 128 Å². The molecule has 0 aromatic heterocycles. The Balaban J connectivity index is 2.79. The molecule has 0 bridgehead atoms. The Hall–Kier alpha value is -1.55. The number of likely N-dealkylation sites (N-methyl/N-ethyl adjacent to an activating group) is 1. The lowest BCUT2D eigenvalue weighted by Gasteiger charge is -2.23. The number of nitrogens with zero attached hydrogens (tertiary/aromatic N) is 1. The Bertz CT molecular complexity index is 475. The van der Waals surface area contributed by atoms with Crippen LogP contribution in [0.5, 0.6) is 5.75 Å². The van der Waals surface area contributed by atoms with Crippen molar-refractivity contribution in [3.63, 3.8) is 0 Å². The summed E-state index contributed by atoms with van der Waals surface area (Å²) in [5.41, 5.74) is 9.23. The molecule has 0 aliphatic carbocycles. The second-order valence-electron chi connectivity index (χ2n) is 6.19. The highest BCUT2D eigenvalue weighted by atomic mass is 16.5. The van der Waals surface area contributed by atoms with Gasteiger partial charge in [-0.3, -0.25) is 4.79 Å². The summed E-state index contributed by atoms with van der Waals surface area (Å²) in [5.74, 6) is 1.32. The van der Waals surface area contributed by atoms with E-state index in [0.717, 1.165) is 22.4 Å². The van der Waals surface area contributed by atoms with E-state index in [1.807, 2.05) is 13.8 Å². The van der Waals surface area contributed by atoms with Crippen molar-refractivity contribution in [2.24, 2.45) is 11.7 Å². The van der Waals surface area contributed by atoms with Crippen LogP contribution in [0.4, 0.5) is 0 Å². The van der Waals surface area contributed by atoms with Crippen molar-refractivity contribution in [3.05, 3.63) is 28.8 Å². The van der Waals surface area contributed by atoms with Gasteiger partial charge in [0.2, 0.25) is 5.91 Å². The summed E-state index contributed by atoms with van der Waals surface area (Å²) < 4.78 is 5.36. The Morgan fingerprint density at radius 1 is 1.29 bits per heavy atom. The molecule has 2 N–H and O–H groups in total. The fourth-order valence-corrected chi connectivity index (χ4v) is 2.70. The molecule has 0 saturated heterocycles. The summed E-state index contributed by atoms with van der Waals surface area (Å²) in [6.07, 6.45) is 0.712. The van der Waals surface area contributed by atoms with E-state index in [9.17, 15) is 4.79 Å². The van der Waals surface area contributed by atoms with Gasteiger partial charge in [0.1, 0.15) is 5.75 Å². The third-order valence-electron chi connectivity index (χ3n) is 3.56. The molecule has 1 rings (SSSR count). The molecule has 0 fully saturated rings. The second-order valence-corrected chi connectivity index (χ2v) is 6.19. The Morgan fingerprint density at radius 2 is 1.81 bits per heavy atom. The van der Waals surface area contributed by atoms with Crippen molar-refractivity contribution in [1.82, 2.24) is 4.90 Å². The number of hydrogen-bond acceptors (Lipinski definition) is 3. The van der Waals surface area contributed by atoms with Crippen LogP contribution in [0.3, 0.4) is 0 Å². The molecule has 4 heteroatoms. The van der Waals surface area contributed by atoms with E-state index in [4.69, 9.17) is 10.5 Å². The van der Waals surface area contributed by atoms with Gasteiger partial charge in [-0.05, 0) is 42.9 Å². The molecule has 1 amide bonds. The predicted octanol–water partition coefficient (Wildman–Crippen LogP) is 2.64. The predicted molar refractivity (Wildman–Crippen MR) is 86.4 cm³/mol. The first-order chi connectivity index (χ1) is 9.76. The van der Waals surface area contributed by atoms with Gasteiger partial charge in [0.05, 0.1) is 13.2 Å². The van der Waals surface area contributed by atoms with Crippen LogP contribution in [0.1, 0.15) is 37.0 Å². The first kappa shape index (κ1) is 17.5. The molecule has 0 aliphatic heterocycles. The molecule has 0 aliphatic rings. The Morgan fingerprint density at radius 3 is 2.24 bits per heavy atom. The molecule has 118 valence electrons. The third-order valence-corrected chi connectivity index (χ3v) is 3.56. The van der Waals surface area contributed by atoms with E-state index in [2.05, 4.69) is 26.0 Å². The van der Waals surface area contributed by atoms with Crippen LogP contribution >= 0.6 is 0 Å². The molecule has 0 radical (unpaired) electrons. The monoisotopic (exact) mass is 292 g/mol. The minimum absolute atomic E-state index is 0.00479. The van der Waals surface area contributed by atoms with Gasteiger partial charge in [-0.15, -0.1) is 0 Å². The number of methoxy groups -OCH3 is 1. The van der Waals surface area contributed by atoms with E-state index in [1.54, 1.807) is 19.1 Å². The number of carbonyl (C=O) groups excluding carboxylic acids is 1. The molecule has 0 spiro atoms. The molecule has 1 atom stereocenters. The molecule has 1 aromatic carbocycles. The van der Waals surface area contributed by atoms with Gasteiger partial charge < -0.3 is 15.4 Å². The number of benzene rings is 1. The van der Waals surface area contributed by atoms with Gasteiger partial charge >= 0.3 is 0 Å². The Kier molecular flexibility index (Phi) is 6.21. The fraction of sp³-hybridized carbons (Fsp3) is 0.588. The zero-order valence-corrected chi connectivity index (χ0v) is 14.1. The summed E-state index contributed by atoms with van der Waals surface area (Å²) in [7, 11) is 3.48. The molecule has 0 saturated carbocycles. The number of hydrogen-bond donors (Lipinski definition) is 1. The number of amides is 1. The van der Waals surface area contributed by atoms with Crippen molar-refractivity contribution in [1.29, 1.82) is 0 Å². The molecule has 0 unspecified atom stereocenters. The molecule has 21 heavy (non-hydrogen) atoms. The van der Waals surface area contributed by atoms with Gasteiger partial charge in [0.25, 0.3) is 0 Å². The highest BCUT2D eigenvalue weighted by Crippen LogP contribution is 2.24. The van der Waals surface area contributed by atoms with E-state index in [-0.39, 0.29) is 5.91 Å². The maximum absolute atomic E-state index is 12.3. The zero-order chi connectivity index (χ0) is 16.2. The number of carbonyl (C=O) groups is 1. The molecule has 0 heterocycles. The number of rotatable bonds is 6. The summed E-state index contributed by atoms with van der Waals surface area (Å²) in [6.45, 7) is 8.74. The van der Waals surface area contributed by atoms with Crippen molar-refractivity contribution in [3.8, 4) is 5.75 Å². The molecular formula is C17H28N2O2. The van der Waals surface area contributed by atoms with Crippen LogP contribution in [0, 0.1) is 19.8 Å². The summed E-state index contributed by atoms with van der Waals surface area (Å²) in [6, 6.07) is 3.70. The highest BCUT2D eigenvalue weighted by Gasteiger charge is 2.19. The summed E-state index contributed by atoms with van der Waals surface area (Å²) in [4.78, 5) is 14.0. The molecule has 4 nitrogen and oxygen atoms in total. The van der Waals surface area contributed by atoms with Crippen molar-refractivity contribution >= 4 is 5.91 Å². The summed E-state index contributed by atoms with van der Waals surface area (Å²) >= 11 is 0. The van der Waals surface area contributed by atoms with Gasteiger partial charge in [0, 0.05) is 13.6 Å². The second kappa shape index (κ2) is 7.46. The highest BCUT2D eigenvalue weighted by molar-refractivity contribution is 5.81. The fourth-order valence-electron chi connectivity index (χ4n) is 2.70. The number of nitrogens with two attached hydrogens (primary N) is 1. The van der Waals surface area contributed by atoms with Crippen LogP contribution in [-0.4, -0.2) is 31.0 Å². The van der Waals surface area contributed by atoms with Gasteiger partial charge in [-0.1, -0.05) is 26.0 Å². The van der Waals surface area contributed by atoms with Gasteiger partial charge in [-0.2, -0.15) is 0 Å². The maximum Gasteiger partial charge on any atom is 0.239 e. The zero-order valence-electron chi connectivity index (χ0n) is 14.1. The quantitative estimate of drug-likeness (QED) is 0.877. The van der Waals surface area contributed by atoms with E-state index in [0.29, 0.717) is 18.9 Å². The normalized spacial score (nSPS) is 12.4. The van der Waals surface area contributed by atoms with E-state index < -0.39 is 6.04 Å². The first-order valence-corrected chi connectivity index (χ1v) is 7.41. The third kappa shape index (κ3) is 4.74. The van der Waals surface area contributed by atoms with Crippen LogP contribution in [0.25, 0.3) is 0 Å². The lowest BCUT2D eigenvalue weighted by molar-refractivity contribution is -0.132.